The van der Waals surface area contributed by atoms with Gasteiger partial charge in [0.1, 0.15) is 10.6 Å². The number of nitro groups is 1. The monoisotopic (exact) mass is 507 g/mol. The number of halogens is 1. The van der Waals surface area contributed by atoms with E-state index in [0.29, 0.717) is 31.1 Å². The number of rotatable bonds is 8. The fourth-order valence-electron chi connectivity index (χ4n) is 3.79. The molecule has 2 aromatic rings. The highest BCUT2D eigenvalue weighted by atomic mass is 35.5. The standard InChI is InChI=1S/C23H26ClN3O6S/c1-3-11-33-22(28)15-34(32)21-8-7-17(12-20(21)27(30)31)23(29)25-9-10-26(16(2)14-25)19-6-4-5-18(24)13-19/h4-8,12-13,16H,3,9-11,14-15H2,1-2H3. The van der Waals surface area contributed by atoms with Crippen molar-refractivity contribution >= 4 is 45.7 Å². The van der Waals surface area contributed by atoms with Crippen LogP contribution in [0.4, 0.5) is 11.4 Å². The van der Waals surface area contributed by atoms with Crippen LogP contribution in [0.2, 0.25) is 5.02 Å². The number of benzene rings is 2. The van der Waals surface area contributed by atoms with Crippen LogP contribution in [0.25, 0.3) is 0 Å². The third-order valence-corrected chi connectivity index (χ3v) is 6.99. The Balaban J connectivity index is 1.74. The van der Waals surface area contributed by atoms with Gasteiger partial charge >= 0.3 is 5.97 Å². The number of carbonyl (C=O) groups is 2. The molecule has 2 aromatic carbocycles. The summed E-state index contributed by atoms with van der Waals surface area (Å²) in [7, 11) is -1.97. The Morgan fingerprint density at radius 1 is 1.24 bits per heavy atom. The van der Waals surface area contributed by atoms with Crippen molar-refractivity contribution in [3.63, 3.8) is 0 Å². The lowest BCUT2D eigenvalue weighted by Crippen LogP contribution is -2.53. The van der Waals surface area contributed by atoms with Crippen molar-refractivity contribution in [3.05, 3.63) is 63.2 Å². The summed E-state index contributed by atoms with van der Waals surface area (Å²) in [5.74, 6) is -1.53. The normalized spacial score (nSPS) is 16.7. The second-order valence-electron chi connectivity index (χ2n) is 7.92. The number of esters is 1. The van der Waals surface area contributed by atoms with Crippen molar-refractivity contribution in [2.24, 2.45) is 0 Å². The van der Waals surface area contributed by atoms with Gasteiger partial charge in [-0.25, -0.2) is 0 Å². The van der Waals surface area contributed by atoms with E-state index in [2.05, 4.69) is 4.90 Å². The average molecular weight is 508 g/mol. The molecule has 0 aromatic heterocycles. The maximum Gasteiger partial charge on any atom is 0.318 e. The third-order valence-electron chi connectivity index (χ3n) is 5.42. The summed E-state index contributed by atoms with van der Waals surface area (Å²) >= 11 is 6.10. The Morgan fingerprint density at radius 3 is 2.65 bits per heavy atom. The van der Waals surface area contributed by atoms with E-state index in [9.17, 15) is 23.9 Å². The van der Waals surface area contributed by atoms with Crippen LogP contribution < -0.4 is 4.90 Å². The van der Waals surface area contributed by atoms with E-state index in [1.54, 1.807) is 11.0 Å². The molecule has 1 aliphatic rings. The van der Waals surface area contributed by atoms with E-state index in [1.807, 2.05) is 32.0 Å². The van der Waals surface area contributed by atoms with Crippen LogP contribution in [0.1, 0.15) is 30.6 Å². The molecule has 11 heteroatoms. The molecule has 1 aliphatic heterocycles. The Kier molecular flexibility index (Phi) is 8.62. The number of nitro benzene ring substituents is 1. The highest BCUT2D eigenvalue weighted by Gasteiger charge is 2.30. The summed E-state index contributed by atoms with van der Waals surface area (Å²) in [5, 5.41) is 12.3. The summed E-state index contributed by atoms with van der Waals surface area (Å²) in [5.41, 5.74) is 0.634. The fraction of sp³-hybridized carbons (Fsp3) is 0.391. The first kappa shape index (κ1) is 25.6. The summed E-state index contributed by atoms with van der Waals surface area (Å²) < 4.78 is 17.5. The molecule has 0 radical (unpaired) electrons. The van der Waals surface area contributed by atoms with Crippen LogP contribution >= 0.6 is 11.6 Å². The minimum Gasteiger partial charge on any atom is -0.465 e. The fourth-order valence-corrected chi connectivity index (χ4v) is 5.01. The van der Waals surface area contributed by atoms with Crippen LogP contribution in [-0.2, 0) is 20.3 Å². The number of ether oxygens (including phenoxy) is 1. The Labute approximate surface area is 205 Å². The zero-order valence-electron chi connectivity index (χ0n) is 18.9. The lowest BCUT2D eigenvalue weighted by atomic mass is 10.1. The van der Waals surface area contributed by atoms with E-state index in [0.717, 1.165) is 11.8 Å². The number of piperazine rings is 1. The highest BCUT2D eigenvalue weighted by Crippen LogP contribution is 2.27. The van der Waals surface area contributed by atoms with Gasteiger partial charge in [-0.1, -0.05) is 24.6 Å². The largest absolute Gasteiger partial charge is 0.465 e. The van der Waals surface area contributed by atoms with Gasteiger partial charge in [0.25, 0.3) is 11.6 Å². The molecule has 9 nitrogen and oxygen atoms in total. The van der Waals surface area contributed by atoms with Crippen molar-refractivity contribution in [1.82, 2.24) is 4.90 Å². The first-order valence-electron chi connectivity index (χ1n) is 10.8. The van der Waals surface area contributed by atoms with Gasteiger partial charge < -0.3 is 14.5 Å². The van der Waals surface area contributed by atoms with E-state index >= 15 is 0 Å². The molecule has 1 heterocycles. The van der Waals surface area contributed by atoms with Gasteiger partial charge in [0.05, 0.1) is 22.3 Å². The van der Waals surface area contributed by atoms with E-state index < -0.39 is 33.1 Å². The first-order chi connectivity index (χ1) is 16.2. The van der Waals surface area contributed by atoms with Crippen LogP contribution in [-0.4, -0.2) is 63.9 Å². The molecule has 0 spiro atoms. The SMILES string of the molecule is CCCOC(=O)CS(=O)c1ccc(C(=O)N2CCN(c3cccc(Cl)c3)C(C)C2)cc1[N+](=O)[O-]. The minimum absolute atomic E-state index is 0.00654. The molecule has 1 fully saturated rings. The molecular formula is C23H26ClN3O6S. The summed E-state index contributed by atoms with van der Waals surface area (Å²) in [4.78, 5) is 39.5. The van der Waals surface area contributed by atoms with Crippen LogP contribution in [0.15, 0.2) is 47.4 Å². The lowest BCUT2D eigenvalue weighted by molar-refractivity contribution is -0.387. The second-order valence-corrected chi connectivity index (χ2v) is 9.78. The quantitative estimate of drug-likeness (QED) is 0.304. The predicted octanol–water partition coefficient (Wildman–Crippen LogP) is 3.66. The minimum atomic E-state index is -1.97. The number of carbonyl (C=O) groups excluding carboxylic acids is 2. The molecule has 3 rings (SSSR count). The van der Waals surface area contributed by atoms with Gasteiger partial charge in [0, 0.05) is 48.0 Å². The third kappa shape index (κ3) is 6.12. The van der Waals surface area contributed by atoms with Gasteiger partial charge in [0.2, 0.25) is 0 Å². The molecule has 0 aliphatic carbocycles. The smallest absolute Gasteiger partial charge is 0.318 e. The zero-order chi connectivity index (χ0) is 24.8. The molecular weight excluding hydrogens is 482 g/mol. The molecule has 182 valence electrons. The van der Waals surface area contributed by atoms with Gasteiger partial charge in [-0.2, -0.15) is 0 Å². The molecule has 1 saturated heterocycles. The van der Waals surface area contributed by atoms with E-state index in [-0.39, 0.29) is 29.0 Å². The average Bonchev–Trinajstić information content (AvgIpc) is 2.81. The maximum atomic E-state index is 13.1. The van der Waals surface area contributed by atoms with Crippen molar-refractivity contribution in [2.75, 3.05) is 36.9 Å². The van der Waals surface area contributed by atoms with Crippen LogP contribution in [0.3, 0.4) is 0 Å². The van der Waals surface area contributed by atoms with Gasteiger partial charge in [-0.15, -0.1) is 0 Å². The molecule has 1 amide bonds. The Hall–Kier alpha value is -2.98. The number of nitrogens with zero attached hydrogens (tertiary/aromatic N) is 3. The van der Waals surface area contributed by atoms with Gasteiger partial charge in [0.15, 0.2) is 0 Å². The Bertz CT molecular complexity index is 1110. The number of hydrogen-bond acceptors (Lipinski definition) is 7. The van der Waals surface area contributed by atoms with E-state index in [1.165, 1.54) is 12.1 Å². The van der Waals surface area contributed by atoms with Crippen molar-refractivity contribution < 1.29 is 23.5 Å². The molecule has 0 bridgehead atoms. The van der Waals surface area contributed by atoms with Crippen molar-refractivity contribution in [2.45, 2.75) is 31.2 Å². The summed E-state index contributed by atoms with van der Waals surface area (Å²) in [6.07, 6.45) is 0.612. The lowest BCUT2D eigenvalue weighted by Gasteiger charge is -2.41. The van der Waals surface area contributed by atoms with Crippen LogP contribution in [0.5, 0.6) is 0 Å². The summed E-state index contributed by atoms with van der Waals surface area (Å²) in [6, 6.07) is 11.3. The number of anilines is 1. The highest BCUT2D eigenvalue weighted by molar-refractivity contribution is 7.85. The van der Waals surface area contributed by atoms with E-state index in [4.69, 9.17) is 16.3 Å². The van der Waals surface area contributed by atoms with Crippen molar-refractivity contribution in [3.8, 4) is 0 Å². The second kappa shape index (κ2) is 11.4. The molecule has 34 heavy (non-hydrogen) atoms. The van der Waals surface area contributed by atoms with Crippen molar-refractivity contribution in [1.29, 1.82) is 0 Å². The van der Waals surface area contributed by atoms with Gasteiger partial charge in [-0.3, -0.25) is 23.9 Å². The summed E-state index contributed by atoms with van der Waals surface area (Å²) in [6.45, 7) is 5.44. The maximum absolute atomic E-state index is 13.1. The molecule has 2 unspecified atom stereocenters. The Morgan fingerprint density at radius 2 is 2.00 bits per heavy atom. The topological polar surface area (TPSA) is 110 Å². The molecule has 0 saturated carbocycles. The number of amides is 1. The van der Waals surface area contributed by atoms with Crippen LogP contribution in [0, 0.1) is 10.1 Å². The zero-order valence-corrected chi connectivity index (χ0v) is 20.5. The molecule has 2 atom stereocenters. The molecule has 0 N–H and O–H groups in total. The number of hydrogen-bond donors (Lipinski definition) is 0. The van der Waals surface area contributed by atoms with Gasteiger partial charge in [-0.05, 0) is 43.7 Å². The first-order valence-corrected chi connectivity index (χ1v) is 12.5. The predicted molar refractivity (Wildman–Crippen MR) is 130 cm³/mol.